The third kappa shape index (κ3) is 6.83. The van der Waals surface area contributed by atoms with Crippen LogP contribution in [0.2, 0.25) is 0 Å². The molecule has 0 fully saturated rings. The predicted octanol–water partition coefficient (Wildman–Crippen LogP) is 2.13. The number of aromatic nitrogens is 2. The van der Waals surface area contributed by atoms with Crippen LogP contribution >= 0.6 is 0 Å². The number of aliphatic hydroxyl groups is 2. The third-order valence-corrected chi connectivity index (χ3v) is 4.84. The Hall–Kier alpha value is -2.84. The number of anilines is 1. The Morgan fingerprint density at radius 3 is 2.42 bits per heavy atom. The molecule has 0 amide bonds. The number of nitrogens with zero attached hydrogens (tertiary/aromatic N) is 3. The van der Waals surface area contributed by atoms with E-state index in [-0.39, 0.29) is 18.2 Å². The number of aliphatic hydroxyl groups excluding tert-OH is 2. The number of hydrogen-bond donors (Lipinski definition) is 2. The Labute approximate surface area is 181 Å². The van der Waals surface area contributed by atoms with Gasteiger partial charge in [-0.3, -0.25) is 0 Å². The van der Waals surface area contributed by atoms with E-state index in [0.717, 1.165) is 5.69 Å². The van der Waals surface area contributed by atoms with Gasteiger partial charge in [0, 0.05) is 43.5 Å². The van der Waals surface area contributed by atoms with Crippen molar-refractivity contribution in [2.45, 2.75) is 51.7 Å². The highest BCUT2D eigenvalue weighted by Crippen LogP contribution is 2.31. The van der Waals surface area contributed by atoms with Crippen molar-refractivity contribution < 1.29 is 24.5 Å². The largest absolute Gasteiger partial charge is 0.550 e. The summed E-state index contributed by atoms with van der Waals surface area (Å²) in [6, 6.07) is 5.98. The number of hydrogen-bond acceptors (Lipinski definition) is 7. The molecule has 0 aliphatic rings. The van der Waals surface area contributed by atoms with E-state index in [1.807, 2.05) is 32.7 Å². The fourth-order valence-corrected chi connectivity index (χ4v) is 3.06. The molecule has 8 heteroatoms. The van der Waals surface area contributed by atoms with Crippen molar-refractivity contribution in [1.29, 1.82) is 0 Å². The summed E-state index contributed by atoms with van der Waals surface area (Å²) in [4.78, 5) is 21.9. The molecule has 0 aliphatic heterocycles. The maximum Gasteiger partial charge on any atom is 0.225 e. The summed E-state index contributed by atoms with van der Waals surface area (Å²) >= 11 is 0. The van der Waals surface area contributed by atoms with Gasteiger partial charge in [-0.15, -0.1) is 0 Å². The highest BCUT2D eigenvalue weighted by Gasteiger charge is 2.19. The Morgan fingerprint density at radius 1 is 1.23 bits per heavy atom. The van der Waals surface area contributed by atoms with E-state index in [1.165, 1.54) is 18.2 Å². The van der Waals surface area contributed by atoms with Crippen LogP contribution in [-0.4, -0.2) is 52.0 Å². The van der Waals surface area contributed by atoms with Gasteiger partial charge in [0.05, 0.1) is 23.6 Å². The number of carbonyl (C=O) groups excluding carboxylic acids is 1. The summed E-state index contributed by atoms with van der Waals surface area (Å²) in [6.07, 6.45) is 0.144. The minimum atomic E-state index is -1.38. The van der Waals surface area contributed by atoms with Crippen LogP contribution in [0, 0.1) is 5.82 Å². The average Bonchev–Trinajstić information content (AvgIpc) is 2.70. The van der Waals surface area contributed by atoms with Crippen LogP contribution in [0.4, 0.5) is 10.3 Å². The summed E-state index contributed by atoms with van der Waals surface area (Å²) < 4.78 is 13.5. The average molecular weight is 431 g/mol. The van der Waals surface area contributed by atoms with Crippen LogP contribution in [0.1, 0.15) is 50.8 Å². The first-order valence-corrected chi connectivity index (χ1v) is 10.3. The van der Waals surface area contributed by atoms with Gasteiger partial charge in [-0.25, -0.2) is 14.4 Å². The smallest absolute Gasteiger partial charge is 0.225 e. The van der Waals surface area contributed by atoms with Gasteiger partial charge in [-0.2, -0.15) is 0 Å². The molecule has 2 aromatic rings. The van der Waals surface area contributed by atoms with Crippen molar-refractivity contribution in [2.75, 3.05) is 18.5 Å². The fraction of sp³-hybridized carbons (Fsp3) is 0.435. The van der Waals surface area contributed by atoms with Crippen molar-refractivity contribution >= 4 is 18.0 Å². The number of halogens is 1. The van der Waals surface area contributed by atoms with E-state index < -0.39 is 24.6 Å². The van der Waals surface area contributed by atoms with Crippen LogP contribution in [0.25, 0.3) is 17.3 Å². The van der Waals surface area contributed by atoms with Gasteiger partial charge in [0.25, 0.3) is 0 Å². The molecule has 2 rings (SSSR count). The number of carbonyl (C=O) groups is 1. The first-order valence-electron chi connectivity index (χ1n) is 10.3. The quantitative estimate of drug-likeness (QED) is 0.594. The molecular formula is C23H29FN3O4-. The van der Waals surface area contributed by atoms with Gasteiger partial charge in [0.1, 0.15) is 5.82 Å². The molecule has 2 N–H and O–H groups in total. The van der Waals surface area contributed by atoms with Crippen LogP contribution in [0.15, 0.2) is 30.3 Å². The zero-order valence-electron chi connectivity index (χ0n) is 18.2. The van der Waals surface area contributed by atoms with Crippen LogP contribution < -0.4 is 10.0 Å². The molecule has 168 valence electrons. The van der Waals surface area contributed by atoms with Crippen LogP contribution in [0.5, 0.6) is 0 Å². The lowest BCUT2D eigenvalue weighted by molar-refractivity contribution is -0.307. The lowest BCUT2D eigenvalue weighted by Crippen LogP contribution is -2.29. The van der Waals surface area contributed by atoms with Gasteiger partial charge in [0.15, 0.2) is 0 Å². The first-order chi connectivity index (χ1) is 14.6. The monoisotopic (exact) mass is 430 g/mol. The molecule has 0 radical (unpaired) electrons. The van der Waals surface area contributed by atoms with E-state index in [0.29, 0.717) is 29.3 Å². The van der Waals surface area contributed by atoms with Gasteiger partial charge >= 0.3 is 0 Å². The number of benzene rings is 1. The highest BCUT2D eigenvalue weighted by atomic mass is 19.1. The second-order valence-electron chi connectivity index (χ2n) is 7.74. The van der Waals surface area contributed by atoms with Crippen LogP contribution in [0.3, 0.4) is 0 Å². The third-order valence-electron chi connectivity index (χ3n) is 4.84. The molecule has 31 heavy (non-hydrogen) atoms. The maximum absolute atomic E-state index is 13.5. The molecular weight excluding hydrogens is 401 g/mol. The van der Waals surface area contributed by atoms with E-state index in [1.54, 1.807) is 18.2 Å². The summed E-state index contributed by atoms with van der Waals surface area (Å²) in [5.41, 5.74) is 2.71. The van der Waals surface area contributed by atoms with Crippen molar-refractivity contribution in [1.82, 2.24) is 9.97 Å². The standard InChI is InChI=1S/C23H30FN3O4/c1-5-27(4)23-25-21(14(2)3)19(11-10-17(28)12-18(29)13-20(30)31)22(26-23)15-6-8-16(24)9-7-15/h6-11,14,17-18,28-29H,5,12-13H2,1-4H3,(H,30,31)/p-1/b11-10+/t17-,18-/m1/s1. The zero-order chi connectivity index (χ0) is 23.1. The van der Waals surface area contributed by atoms with Crippen LogP contribution in [-0.2, 0) is 4.79 Å². The van der Waals surface area contributed by atoms with E-state index in [4.69, 9.17) is 4.98 Å². The topological polar surface area (TPSA) is 110 Å². The molecule has 0 spiro atoms. The summed E-state index contributed by atoms with van der Waals surface area (Å²) in [5, 5.41) is 30.6. The molecule has 1 heterocycles. The van der Waals surface area contributed by atoms with Gasteiger partial charge in [-0.1, -0.05) is 26.0 Å². The SMILES string of the molecule is CCN(C)c1nc(-c2ccc(F)cc2)c(/C=C/[C@@H](O)C[C@@H](O)CC(=O)[O-])c(C(C)C)n1. The summed E-state index contributed by atoms with van der Waals surface area (Å²) in [5.74, 6) is -1.17. The first kappa shape index (κ1) is 24.4. The molecule has 0 saturated carbocycles. The highest BCUT2D eigenvalue weighted by molar-refractivity contribution is 5.75. The molecule has 2 atom stereocenters. The van der Waals surface area contributed by atoms with E-state index in [2.05, 4.69) is 4.98 Å². The molecule has 0 aliphatic carbocycles. The molecule has 1 aromatic heterocycles. The second-order valence-corrected chi connectivity index (χ2v) is 7.74. The predicted molar refractivity (Wildman–Crippen MR) is 116 cm³/mol. The molecule has 0 saturated heterocycles. The van der Waals surface area contributed by atoms with Gasteiger partial charge in [-0.05, 0) is 37.1 Å². The van der Waals surface area contributed by atoms with E-state index in [9.17, 15) is 24.5 Å². The van der Waals surface area contributed by atoms with Crippen molar-refractivity contribution in [2.24, 2.45) is 0 Å². The molecule has 1 aromatic carbocycles. The number of rotatable bonds is 10. The van der Waals surface area contributed by atoms with E-state index >= 15 is 0 Å². The number of carboxylic acids is 1. The minimum Gasteiger partial charge on any atom is -0.550 e. The number of aliphatic carboxylic acids is 1. The molecule has 7 nitrogen and oxygen atoms in total. The lowest BCUT2D eigenvalue weighted by Gasteiger charge is -2.21. The number of carboxylic acid groups (broad SMARTS) is 1. The Morgan fingerprint density at radius 2 is 1.87 bits per heavy atom. The zero-order valence-corrected chi connectivity index (χ0v) is 18.2. The lowest BCUT2D eigenvalue weighted by atomic mass is 9.97. The van der Waals surface area contributed by atoms with Crippen molar-refractivity contribution in [3.05, 3.63) is 47.4 Å². The second kappa shape index (κ2) is 11.0. The summed E-state index contributed by atoms with van der Waals surface area (Å²) in [6.45, 7) is 6.66. The molecule has 0 bridgehead atoms. The maximum atomic E-state index is 13.5. The fourth-order valence-electron chi connectivity index (χ4n) is 3.06. The van der Waals surface area contributed by atoms with Crippen molar-refractivity contribution in [3.63, 3.8) is 0 Å². The Bertz CT molecular complexity index is 916. The van der Waals surface area contributed by atoms with Gasteiger partial charge < -0.3 is 25.0 Å². The van der Waals surface area contributed by atoms with Gasteiger partial charge in [0.2, 0.25) is 5.95 Å². The molecule has 0 unspecified atom stereocenters. The minimum absolute atomic E-state index is 0.0340. The Balaban J connectivity index is 2.52. The summed E-state index contributed by atoms with van der Waals surface area (Å²) in [7, 11) is 1.88. The normalized spacial score (nSPS) is 13.5. The van der Waals surface area contributed by atoms with Crippen molar-refractivity contribution in [3.8, 4) is 11.3 Å². The Kier molecular flexibility index (Phi) is 8.65.